The first-order valence-electron chi connectivity index (χ1n) is 12.6. The topological polar surface area (TPSA) is 72.7 Å². The number of hydrogen-bond donors (Lipinski definition) is 1. The van der Waals surface area contributed by atoms with Crippen molar-refractivity contribution in [3.63, 3.8) is 0 Å². The van der Waals surface area contributed by atoms with Gasteiger partial charge in [0.1, 0.15) is 5.69 Å². The van der Waals surface area contributed by atoms with Crippen molar-refractivity contribution in [2.24, 2.45) is 5.92 Å². The normalized spacial score (nSPS) is 17.7. The zero-order valence-electron chi connectivity index (χ0n) is 20.7. The summed E-state index contributed by atoms with van der Waals surface area (Å²) in [7, 11) is 0. The molecule has 186 valence electrons. The summed E-state index contributed by atoms with van der Waals surface area (Å²) >= 11 is 1.58. The summed E-state index contributed by atoms with van der Waals surface area (Å²) in [5.74, 6) is 0.726. The van der Waals surface area contributed by atoms with Crippen LogP contribution in [-0.2, 0) is 9.53 Å². The van der Waals surface area contributed by atoms with Crippen LogP contribution in [0.5, 0.6) is 0 Å². The van der Waals surface area contributed by atoms with Gasteiger partial charge in [-0.3, -0.25) is 14.0 Å². The third-order valence-electron chi connectivity index (χ3n) is 6.94. The first kappa shape index (κ1) is 24.3. The Balaban J connectivity index is 1.21. The molecule has 1 N–H and O–H groups in total. The molecule has 0 atom stereocenters. The number of aromatic nitrogens is 2. The van der Waals surface area contributed by atoms with Crippen LogP contribution in [0.2, 0.25) is 0 Å². The van der Waals surface area contributed by atoms with Crippen LogP contribution in [0.15, 0.2) is 60.9 Å². The quantitative estimate of drug-likeness (QED) is 0.281. The fourth-order valence-corrected chi connectivity index (χ4v) is 6.00. The Labute approximate surface area is 215 Å². The van der Waals surface area contributed by atoms with E-state index < -0.39 is 0 Å². The van der Waals surface area contributed by atoms with Crippen LogP contribution < -0.4 is 5.32 Å². The summed E-state index contributed by atoms with van der Waals surface area (Å²) in [5, 5.41) is 2.92. The average Bonchev–Trinajstić information content (AvgIpc) is 3.45. The molecule has 1 aliphatic rings. The molecule has 4 aromatic rings. The highest BCUT2D eigenvalue weighted by Gasteiger charge is 2.24. The Kier molecular flexibility index (Phi) is 7.18. The fraction of sp³-hybridized carbons (Fsp3) is 0.345. The van der Waals surface area contributed by atoms with Gasteiger partial charge in [0.25, 0.3) is 5.91 Å². The Hall–Kier alpha value is -3.45. The number of anilines is 1. The number of thiazole rings is 1. The maximum absolute atomic E-state index is 12.6. The highest BCUT2D eigenvalue weighted by atomic mass is 32.1. The molecule has 2 aromatic heterocycles. The molecular weight excluding hydrogens is 470 g/mol. The van der Waals surface area contributed by atoms with Crippen molar-refractivity contribution in [2.75, 3.05) is 11.9 Å². The number of rotatable bonds is 7. The number of esters is 1. The minimum Gasteiger partial charge on any atom is -0.466 e. The number of amides is 1. The molecule has 5 rings (SSSR count). The number of aryl methyl sites for hydroxylation is 1. The van der Waals surface area contributed by atoms with E-state index >= 15 is 0 Å². The zero-order chi connectivity index (χ0) is 25.1. The van der Waals surface area contributed by atoms with Crippen molar-refractivity contribution >= 4 is 33.9 Å². The van der Waals surface area contributed by atoms with E-state index in [1.807, 2.05) is 48.7 Å². The Morgan fingerprint density at radius 3 is 2.56 bits per heavy atom. The highest BCUT2D eigenvalue weighted by Crippen LogP contribution is 2.38. The number of fused-ring (bicyclic) bond motifs is 1. The maximum atomic E-state index is 12.6. The smallest absolute Gasteiger partial charge is 0.306 e. The van der Waals surface area contributed by atoms with E-state index in [4.69, 9.17) is 4.74 Å². The second kappa shape index (κ2) is 10.7. The summed E-state index contributed by atoms with van der Waals surface area (Å²) < 4.78 is 7.03. The number of carbonyl (C=O) groups excluding carboxylic acids is 2. The molecule has 2 heterocycles. The number of nitrogens with zero attached hydrogens (tertiary/aromatic N) is 2. The largest absolute Gasteiger partial charge is 0.466 e. The van der Waals surface area contributed by atoms with Gasteiger partial charge >= 0.3 is 5.97 Å². The summed E-state index contributed by atoms with van der Waals surface area (Å²) in [6.07, 6.45) is 8.75. The molecule has 0 unspecified atom stereocenters. The lowest BCUT2D eigenvalue weighted by atomic mass is 9.77. The van der Waals surface area contributed by atoms with E-state index in [1.165, 1.54) is 5.56 Å². The lowest BCUT2D eigenvalue weighted by molar-refractivity contribution is -0.144. The van der Waals surface area contributed by atoms with Gasteiger partial charge in [0.15, 0.2) is 4.96 Å². The molecule has 0 aliphatic heterocycles. The van der Waals surface area contributed by atoms with Gasteiger partial charge in [0.2, 0.25) is 0 Å². The van der Waals surface area contributed by atoms with Crippen LogP contribution in [0.3, 0.4) is 0 Å². The van der Waals surface area contributed by atoms with Gasteiger partial charge in [-0.25, -0.2) is 4.98 Å². The third-order valence-corrected chi connectivity index (χ3v) is 7.98. The highest BCUT2D eigenvalue weighted by molar-refractivity contribution is 7.20. The van der Waals surface area contributed by atoms with Gasteiger partial charge in [-0.2, -0.15) is 0 Å². The Morgan fingerprint density at radius 1 is 1.08 bits per heavy atom. The second-order valence-corrected chi connectivity index (χ2v) is 10.6. The molecule has 0 radical (unpaired) electrons. The standard InChI is InChI=1S/C29H31N3O3S/c1-3-35-27(33)16-20-7-9-21(10-8-20)22-11-13-23(14-12-22)26-18-32-17-25(31-29(32)36-26)28(34)30-24-6-4-5-19(2)15-24/h4-6,11-15,17-18,20-21H,3,7-10,16H2,1-2H3,(H,30,34). The SMILES string of the molecule is CCOC(=O)CC1CCC(c2ccc(-c3cn4cc(C(=O)Nc5cccc(C)c5)nc4s3)cc2)CC1. The average molecular weight is 502 g/mol. The molecule has 1 amide bonds. The van der Waals surface area contributed by atoms with Crippen LogP contribution in [0, 0.1) is 12.8 Å². The molecule has 0 spiro atoms. The van der Waals surface area contributed by atoms with E-state index in [-0.39, 0.29) is 11.9 Å². The molecule has 2 aromatic carbocycles. The lowest BCUT2D eigenvalue weighted by Crippen LogP contribution is -2.17. The van der Waals surface area contributed by atoms with Crippen molar-refractivity contribution in [1.82, 2.24) is 9.38 Å². The predicted octanol–water partition coefficient (Wildman–Crippen LogP) is 6.85. The summed E-state index contributed by atoms with van der Waals surface area (Å²) in [4.78, 5) is 30.9. The van der Waals surface area contributed by atoms with Crippen molar-refractivity contribution in [3.8, 4) is 10.4 Å². The van der Waals surface area contributed by atoms with Crippen LogP contribution in [-0.4, -0.2) is 27.9 Å². The second-order valence-electron chi connectivity index (χ2n) is 9.58. The number of carbonyl (C=O) groups is 2. The van der Waals surface area contributed by atoms with Crippen LogP contribution >= 0.6 is 11.3 Å². The van der Waals surface area contributed by atoms with E-state index in [2.05, 4.69) is 34.6 Å². The minimum atomic E-state index is -0.209. The number of benzene rings is 2. The van der Waals surface area contributed by atoms with E-state index in [0.29, 0.717) is 30.6 Å². The zero-order valence-corrected chi connectivity index (χ0v) is 21.5. The molecule has 1 aliphatic carbocycles. The van der Waals surface area contributed by atoms with E-state index in [1.54, 1.807) is 17.5 Å². The Bertz CT molecular complexity index is 1330. The predicted molar refractivity (Wildman–Crippen MR) is 144 cm³/mol. The van der Waals surface area contributed by atoms with E-state index in [0.717, 1.165) is 52.3 Å². The monoisotopic (exact) mass is 501 g/mol. The summed E-state index contributed by atoms with van der Waals surface area (Å²) in [6, 6.07) is 16.5. The van der Waals surface area contributed by atoms with Crippen molar-refractivity contribution in [3.05, 3.63) is 77.7 Å². The van der Waals surface area contributed by atoms with Crippen molar-refractivity contribution < 1.29 is 14.3 Å². The molecule has 36 heavy (non-hydrogen) atoms. The lowest BCUT2D eigenvalue weighted by Gasteiger charge is -2.28. The number of ether oxygens (including phenoxy) is 1. The van der Waals surface area contributed by atoms with Gasteiger partial charge in [0.05, 0.1) is 11.5 Å². The molecule has 0 bridgehead atoms. The first-order valence-corrected chi connectivity index (χ1v) is 13.4. The van der Waals surface area contributed by atoms with Gasteiger partial charge in [-0.05, 0) is 80.2 Å². The molecule has 0 saturated heterocycles. The van der Waals surface area contributed by atoms with Gasteiger partial charge < -0.3 is 10.1 Å². The number of hydrogen-bond acceptors (Lipinski definition) is 5. The van der Waals surface area contributed by atoms with Gasteiger partial charge in [-0.15, -0.1) is 0 Å². The summed E-state index contributed by atoms with van der Waals surface area (Å²) in [5.41, 5.74) is 4.78. The molecule has 1 fully saturated rings. The fourth-order valence-electron chi connectivity index (χ4n) is 5.03. The van der Waals surface area contributed by atoms with Crippen molar-refractivity contribution in [2.45, 2.75) is 51.9 Å². The molecule has 1 saturated carbocycles. The molecule has 6 nitrogen and oxygen atoms in total. The van der Waals surface area contributed by atoms with Gasteiger partial charge in [-0.1, -0.05) is 47.7 Å². The minimum absolute atomic E-state index is 0.0633. The summed E-state index contributed by atoms with van der Waals surface area (Å²) in [6.45, 7) is 4.31. The third kappa shape index (κ3) is 5.51. The maximum Gasteiger partial charge on any atom is 0.306 e. The van der Waals surface area contributed by atoms with Crippen LogP contribution in [0.4, 0.5) is 5.69 Å². The Morgan fingerprint density at radius 2 is 1.86 bits per heavy atom. The number of nitrogens with one attached hydrogen (secondary N) is 1. The van der Waals surface area contributed by atoms with Crippen LogP contribution in [0.25, 0.3) is 15.4 Å². The number of imidazole rings is 1. The molecule has 7 heteroatoms. The van der Waals surface area contributed by atoms with Crippen LogP contribution in [0.1, 0.15) is 66.6 Å². The molecular formula is C29H31N3O3S. The van der Waals surface area contributed by atoms with Crippen molar-refractivity contribution in [1.29, 1.82) is 0 Å². The first-order chi connectivity index (χ1) is 17.5. The van der Waals surface area contributed by atoms with Gasteiger partial charge in [0, 0.05) is 24.5 Å². The van der Waals surface area contributed by atoms with E-state index in [9.17, 15) is 9.59 Å².